The summed E-state index contributed by atoms with van der Waals surface area (Å²) >= 11 is 11.7. The Labute approximate surface area is 177 Å². The third-order valence-corrected chi connectivity index (χ3v) is 5.33. The third kappa shape index (κ3) is 4.41. The number of hydrogen-bond donors (Lipinski definition) is 0. The van der Waals surface area contributed by atoms with Crippen molar-refractivity contribution in [3.8, 4) is 11.5 Å². The van der Waals surface area contributed by atoms with Crippen molar-refractivity contribution in [1.29, 1.82) is 0 Å². The van der Waals surface area contributed by atoms with Gasteiger partial charge < -0.3 is 19.3 Å². The molecule has 0 aliphatic carbocycles. The molecule has 2 aromatic rings. The van der Waals surface area contributed by atoms with Gasteiger partial charge in [0.2, 0.25) is 0 Å². The second-order valence-electron chi connectivity index (χ2n) is 6.40. The van der Waals surface area contributed by atoms with Crippen LogP contribution < -0.4 is 9.47 Å². The molecular formula is C20H19Cl2FN2O4. The molecule has 9 heteroatoms. The molecule has 0 bridgehead atoms. The maximum Gasteiger partial charge on any atom is 0.255 e. The van der Waals surface area contributed by atoms with Gasteiger partial charge in [0.05, 0.1) is 29.8 Å². The lowest BCUT2D eigenvalue weighted by molar-refractivity contribution is 0.0535. The Balaban J connectivity index is 1.68. The van der Waals surface area contributed by atoms with Crippen molar-refractivity contribution >= 4 is 35.0 Å². The van der Waals surface area contributed by atoms with Gasteiger partial charge in [-0.1, -0.05) is 23.2 Å². The quantitative estimate of drug-likeness (QED) is 0.679. The lowest BCUT2D eigenvalue weighted by atomic mass is 10.1. The first-order valence-corrected chi connectivity index (χ1v) is 9.56. The third-order valence-electron chi connectivity index (χ3n) is 4.72. The van der Waals surface area contributed by atoms with Crippen LogP contribution in [-0.2, 0) is 0 Å². The Bertz CT molecular complexity index is 946. The SMILES string of the molecule is COc1ccc(C(=O)N2CCN(C(=O)c3cc(F)c(Cl)cc3Cl)CC2)cc1OC. The van der Waals surface area contributed by atoms with Gasteiger partial charge in [-0.05, 0) is 30.3 Å². The molecule has 0 radical (unpaired) electrons. The Morgan fingerprint density at radius 3 is 2.03 bits per heavy atom. The lowest BCUT2D eigenvalue weighted by Gasteiger charge is -2.35. The van der Waals surface area contributed by atoms with Gasteiger partial charge in [-0.3, -0.25) is 9.59 Å². The van der Waals surface area contributed by atoms with Crippen LogP contribution in [-0.4, -0.2) is 62.0 Å². The van der Waals surface area contributed by atoms with E-state index in [1.165, 1.54) is 25.2 Å². The summed E-state index contributed by atoms with van der Waals surface area (Å²) in [6, 6.07) is 7.20. The summed E-state index contributed by atoms with van der Waals surface area (Å²) in [5.74, 6) is -0.280. The number of hydrogen-bond acceptors (Lipinski definition) is 4. The molecule has 1 aliphatic heterocycles. The van der Waals surface area contributed by atoms with Crippen LogP contribution in [0.1, 0.15) is 20.7 Å². The number of halogens is 3. The zero-order valence-corrected chi connectivity index (χ0v) is 17.4. The van der Waals surface area contributed by atoms with E-state index in [-0.39, 0.29) is 21.5 Å². The molecule has 0 unspecified atom stereocenters. The monoisotopic (exact) mass is 440 g/mol. The number of piperazine rings is 1. The first-order valence-electron chi connectivity index (χ1n) is 8.80. The summed E-state index contributed by atoms with van der Waals surface area (Å²) < 4.78 is 24.1. The average molecular weight is 441 g/mol. The number of benzene rings is 2. The second kappa shape index (κ2) is 8.88. The summed E-state index contributed by atoms with van der Waals surface area (Å²) in [5, 5.41) is -0.0536. The number of carbonyl (C=O) groups excluding carboxylic acids is 2. The van der Waals surface area contributed by atoms with E-state index < -0.39 is 11.7 Å². The minimum Gasteiger partial charge on any atom is -0.493 e. The van der Waals surface area contributed by atoms with Gasteiger partial charge in [-0.2, -0.15) is 0 Å². The van der Waals surface area contributed by atoms with E-state index in [9.17, 15) is 14.0 Å². The Morgan fingerprint density at radius 2 is 1.45 bits per heavy atom. The summed E-state index contributed by atoms with van der Waals surface area (Å²) in [5.41, 5.74) is 0.512. The van der Waals surface area contributed by atoms with Gasteiger partial charge >= 0.3 is 0 Å². The maximum atomic E-state index is 13.7. The second-order valence-corrected chi connectivity index (χ2v) is 7.21. The Morgan fingerprint density at radius 1 is 0.862 bits per heavy atom. The zero-order chi connectivity index (χ0) is 21.1. The topological polar surface area (TPSA) is 59.1 Å². The molecule has 0 aromatic heterocycles. The van der Waals surface area contributed by atoms with Crippen molar-refractivity contribution in [3.63, 3.8) is 0 Å². The molecule has 2 amide bonds. The van der Waals surface area contributed by atoms with Gasteiger partial charge in [0.25, 0.3) is 11.8 Å². The van der Waals surface area contributed by atoms with E-state index in [1.807, 2.05) is 0 Å². The number of carbonyl (C=O) groups is 2. The zero-order valence-electron chi connectivity index (χ0n) is 15.9. The van der Waals surface area contributed by atoms with Crippen LogP contribution in [0, 0.1) is 5.82 Å². The molecule has 2 aromatic carbocycles. The fourth-order valence-corrected chi connectivity index (χ4v) is 3.59. The molecule has 0 saturated carbocycles. The molecular weight excluding hydrogens is 422 g/mol. The van der Waals surface area contributed by atoms with Gasteiger partial charge in [0.15, 0.2) is 11.5 Å². The summed E-state index contributed by atoms with van der Waals surface area (Å²) in [7, 11) is 3.02. The highest BCUT2D eigenvalue weighted by molar-refractivity contribution is 6.36. The highest BCUT2D eigenvalue weighted by Crippen LogP contribution is 2.29. The van der Waals surface area contributed by atoms with E-state index >= 15 is 0 Å². The number of amides is 2. The Hall–Kier alpha value is -2.51. The molecule has 29 heavy (non-hydrogen) atoms. The van der Waals surface area contributed by atoms with Crippen LogP contribution in [0.15, 0.2) is 30.3 Å². The van der Waals surface area contributed by atoms with Crippen molar-refractivity contribution in [2.75, 3.05) is 40.4 Å². The molecule has 0 spiro atoms. The van der Waals surface area contributed by atoms with Crippen LogP contribution in [0.3, 0.4) is 0 Å². The minimum atomic E-state index is -0.707. The van der Waals surface area contributed by atoms with Gasteiger partial charge in [0.1, 0.15) is 5.82 Å². The van der Waals surface area contributed by atoms with Gasteiger partial charge in [0, 0.05) is 31.7 Å². The van der Waals surface area contributed by atoms with Crippen LogP contribution in [0.5, 0.6) is 11.5 Å². The number of rotatable bonds is 4. The molecule has 0 N–H and O–H groups in total. The van der Waals surface area contributed by atoms with E-state index in [4.69, 9.17) is 32.7 Å². The molecule has 1 heterocycles. The van der Waals surface area contributed by atoms with Crippen molar-refractivity contribution < 1.29 is 23.5 Å². The van der Waals surface area contributed by atoms with Crippen LogP contribution >= 0.6 is 23.2 Å². The normalized spacial score (nSPS) is 14.0. The minimum absolute atomic E-state index is 0.0493. The summed E-state index contributed by atoms with van der Waals surface area (Å²) in [6.45, 7) is 1.29. The van der Waals surface area contributed by atoms with Crippen molar-refractivity contribution in [1.82, 2.24) is 9.80 Å². The number of ether oxygens (including phenoxy) is 2. The van der Waals surface area contributed by atoms with Crippen LogP contribution in [0.2, 0.25) is 10.0 Å². The summed E-state index contributed by atoms with van der Waals surface area (Å²) in [6.07, 6.45) is 0. The predicted octanol–water partition coefficient (Wildman–Crippen LogP) is 3.75. The van der Waals surface area contributed by atoms with Crippen molar-refractivity contribution in [2.45, 2.75) is 0 Å². The highest BCUT2D eigenvalue weighted by atomic mass is 35.5. The standard InChI is InChI=1S/C20H19Cl2FN2O4/c1-28-17-4-3-12(9-18(17)29-2)19(26)24-5-7-25(8-6-24)20(27)13-10-16(23)15(22)11-14(13)21/h3-4,9-11H,5-8H2,1-2H3. The van der Waals surface area contributed by atoms with Gasteiger partial charge in [-0.25, -0.2) is 4.39 Å². The van der Waals surface area contributed by atoms with Crippen LogP contribution in [0.25, 0.3) is 0 Å². The van der Waals surface area contributed by atoms with E-state index in [0.29, 0.717) is 43.2 Å². The molecule has 6 nitrogen and oxygen atoms in total. The maximum absolute atomic E-state index is 13.7. The molecule has 154 valence electrons. The van der Waals surface area contributed by atoms with Crippen LogP contribution in [0.4, 0.5) is 4.39 Å². The highest BCUT2D eigenvalue weighted by Gasteiger charge is 2.27. The fraction of sp³-hybridized carbons (Fsp3) is 0.300. The number of nitrogens with zero attached hydrogens (tertiary/aromatic N) is 2. The smallest absolute Gasteiger partial charge is 0.255 e. The van der Waals surface area contributed by atoms with Gasteiger partial charge in [-0.15, -0.1) is 0 Å². The van der Waals surface area contributed by atoms with Crippen molar-refractivity contribution in [2.24, 2.45) is 0 Å². The molecule has 0 atom stereocenters. The van der Waals surface area contributed by atoms with E-state index in [0.717, 1.165) is 6.07 Å². The predicted molar refractivity (Wildman–Crippen MR) is 108 cm³/mol. The molecule has 1 aliphatic rings. The fourth-order valence-electron chi connectivity index (χ4n) is 3.12. The molecule has 1 fully saturated rings. The first-order chi connectivity index (χ1) is 13.8. The van der Waals surface area contributed by atoms with E-state index in [1.54, 1.807) is 23.1 Å². The number of methoxy groups -OCH3 is 2. The molecule has 3 rings (SSSR count). The average Bonchev–Trinajstić information content (AvgIpc) is 2.74. The largest absolute Gasteiger partial charge is 0.493 e. The first kappa shape index (κ1) is 21.2. The Kier molecular flexibility index (Phi) is 6.49. The summed E-state index contributed by atoms with van der Waals surface area (Å²) in [4.78, 5) is 28.7. The van der Waals surface area contributed by atoms with Crippen molar-refractivity contribution in [3.05, 3.63) is 57.3 Å². The lowest BCUT2D eigenvalue weighted by Crippen LogP contribution is -2.50. The molecule has 1 saturated heterocycles. The van der Waals surface area contributed by atoms with E-state index in [2.05, 4.69) is 0 Å².